The largest absolute Gasteiger partial charge is 0.356 e. The molecule has 1 amide bonds. The Morgan fingerprint density at radius 3 is 3.19 bits per heavy atom. The van der Waals surface area contributed by atoms with Gasteiger partial charge in [-0.1, -0.05) is 26.2 Å². The molecule has 5 heteroatoms. The van der Waals surface area contributed by atoms with Crippen molar-refractivity contribution in [1.29, 1.82) is 0 Å². The van der Waals surface area contributed by atoms with Crippen molar-refractivity contribution in [2.45, 2.75) is 52.0 Å². The summed E-state index contributed by atoms with van der Waals surface area (Å²) < 4.78 is 2.03. The van der Waals surface area contributed by atoms with Crippen LogP contribution in [0.4, 0.5) is 5.95 Å². The van der Waals surface area contributed by atoms with Crippen LogP contribution in [0.3, 0.4) is 0 Å². The van der Waals surface area contributed by atoms with E-state index in [1.165, 1.54) is 25.7 Å². The summed E-state index contributed by atoms with van der Waals surface area (Å²) in [6, 6.07) is 0. The van der Waals surface area contributed by atoms with E-state index in [9.17, 15) is 4.79 Å². The Hall–Kier alpha value is -1.52. The van der Waals surface area contributed by atoms with Gasteiger partial charge in [0.15, 0.2) is 0 Å². The van der Waals surface area contributed by atoms with Gasteiger partial charge in [-0.15, -0.1) is 0 Å². The fourth-order valence-corrected chi connectivity index (χ4v) is 3.59. The van der Waals surface area contributed by atoms with Gasteiger partial charge in [0.2, 0.25) is 5.95 Å². The lowest BCUT2D eigenvalue weighted by Gasteiger charge is -2.26. The first-order chi connectivity index (χ1) is 10.2. The summed E-state index contributed by atoms with van der Waals surface area (Å²) in [7, 11) is 0. The molecule has 0 radical (unpaired) electrons. The van der Waals surface area contributed by atoms with Gasteiger partial charge in [-0.3, -0.25) is 4.79 Å². The van der Waals surface area contributed by atoms with E-state index in [0.29, 0.717) is 5.69 Å². The molecule has 2 unspecified atom stereocenters. The van der Waals surface area contributed by atoms with Crippen molar-refractivity contribution in [2.75, 3.05) is 18.4 Å². The standard InChI is InChI=1S/C16H26N4O/c1-12-4-2-5-13(10-12)6-8-17-15(21)14-11-20-9-3-7-18-16(20)19-14/h11-13H,2-10H2,1H3,(H,17,21)(H,18,19). The number of aromatic nitrogens is 2. The minimum absolute atomic E-state index is 0.0393. The Balaban J connectivity index is 1.46. The Labute approximate surface area is 126 Å². The lowest BCUT2D eigenvalue weighted by atomic mass is 9.81. The van der Waals surface area contributed by atoms with E-state index in [1.807, 2.05) is 10.8 Å². The number of anilines is 1. The zero-order valence-corrected chi connectivity index (χ0v) is 12.9. The molecule has 0 aromatic carbocycles. The van der Waals surface area contributed by atoms with Crippen molar-refractivity contribution in [1.82, 2.24) is 14.9 Å². The second-order valence-corrected chi connectivity index (χ2v) is 6.61. The van der Waals surface area contributed by atoms with Crippen LogP contribution in [-0.4, -0.2) is 28.5 Å². The zero-order valence-electron chi connectivity index (χ0n) is 12.9. The number of fused-ring (bicyclic) bond motifs is 1. The van der Waals surface area contributed by atoms with Gasteiger partial charge < -0.3 is 15.2 Å². The first-order valence-electron chi connectivity index (χ1n) is 8.31. The van der Waals surface area contributed by atoms with Crippen LogP contribution in [0.25, 0.3) is 0 Å². The summed E-state index contributed by atoms with van der Waals surface area (Å²) in [5, 5.41) is 6.25. The summed E-state index contributed by atoms with van der Waals surface area (Å²) >= 11 is 0. The van der Waals surface area contributed by atoms with E-state index in [0.717, 1.165) is 50.3 Å². The van der Waals surface area contributed by atoms with Gasteiger partial charge >= 0.3 is 0 Å². The average molecular weight is 290 g/mol. The molecule has 2 aliphatic rings. The third kappa shape index (κ3) is 3.57. The SMILES string of the molecule is CC1CCCC(CCNC(=O)c2cn3c(n2)NCCC3)C1. The topological polar surface area (TPSA) is 59.0 Å². The lowest BCUT2D eigenvalue weighted by Crippen LogP contribution is -2.27. The molecule has 1 fully saturated rings. The van der Waals surface area contributed by atoms with Crippen LogP contribution in [0.2, 0.25) is 0 Å². The molecule has 0 bridgehead atoms. The van der Waals surface area contributed by atoms with Crippen LogP contribution in [0.15, 0.2) is 6.20 Å². The quantitative estimate of drug-likeness (QED) is 0.896. The van der Waals surface area contributed by atoms with Gasteiger partial charge in [-0.2, -0.15) is 0 Å². The molecular formula is C16H26N4O. The molecule has 1 aromatic rings. The van der Waals surface area contributed by atoms with E-state index in [1.54, 1.807) is 0 Å². The molecule has 2 N–H and O–H groups in total. The second-order valence-electron chi connectivity index (χ2n) is 6.61. The predicted octanol–water partition coefficient (Wildman–Crippen LogP) is 2.64. The number of imidazole rings is 1. The number of hydrogen-bond acceptors (Lipinski definition) is 3. The summed E-state index contributed by atoms with van der Waals surface area (Å²) in [5.74, 6) is 2.42. The van der Waals surface area contributed by atoms with E-state index in [2.05, 4.69) is 22.5 Å². The van der Waals surface area contributed by atoms with Crippen molar-refractivity contribution in [3.63, 3.8) is 0 Å². The maximum atomic E-state index is 12.2. The number of amides is 1. The number of hydrogen-bond donors (Lipinski definition) is 2. The van der Waals surface area contributed by atoms with Gasteiger partial charge in [0.05, 0.1) is 0 Å². The monoisotopic (exact) mass is 290 g/mol. The molecule has 2 atom stereocenters. The smallest absolute Gasteiger partial charge is 0.271 e. The number of nitrogens with one attached hydrogen (secondary N) is 2. The van der Waals surface area contributed by atoms with Crippen LogP contribution >= 0.6 is 0 Å². The molecule has 1 aliphatic carbocycles. The molecule has 1 saturated carbocycles. The zero-order chi connectivity index (χ0) is 14.7. The Morgan fingerprint density at radius 2 is 2.38 bits per heavy atom. The van der Waals surface area contributed by atoms with Crippen molar-refractivity contribution in [2.24, 2.45) is 11.8 Å². The Morgan fingerprint density at radius 1 is 1.48 bits per heavy atom. The number of carbonyl (C=O) groups is 1. The summed E-state index contributed by atoms with van der Waals surface area (Å²) in [5.41, 5.74) is 0.538. The van der Waals surface area contributed by atoms with E-state index >= 15 is 0 Å². The van der Waals surface area contributed by atoms with Gasteiger partial charge in [-0.25, -0.2) is 4.98 Å². The maximum absolute atomic E-state index is 12.2. The van der Waals surface area contributed by atoms with Crippen LogP contribution < -0.4 is 10.6 Å². The first kappa shape index (κ1) is 14.4. The minimum Gasteiger partial charge on any atom is -0.356 e. The highest BCUT2D eigenvalue weighted by Crippen LogP contribution is 2.30. The molecule has 5 nitrogen and oxygen atoms in total. The van der Waals surface area contributed by atoms with Crippen molar-refractivity contribution in [3.8, 4) is 0 Å². The predicted molar refractivity (Wildman–Crippen MR) is 83.4 cm³/mol. The molecular weight excluding hydrogens is 264 g/mol. The first-order valence-corrected chi connectivity index (χ1v) is 8.31. The van der Waals surface area contributed by atoms with Crippen LogP contribution in [-0.2, 0) is 6.54 Å². The van der Waals surface area contributed by atoms with Crippen molar-refractivity contribution >= 4 is 11.9 Å². The number of carbonyl (C=O) groups excluding carboxylic acids is 1. The minimum atomic E-state index is -0.0393. The van der Waals surface area contributed by atoms with E-state index in [-0.39, 0.29) is 5.91 Å². The highest BCUT2D eigenvalue weighted by Gasteiger charge is 2.20. The molecule has 0 spiro atoms. The van der Waals surface area contributed by atoms with Gasteiger partial charge in [0.1, 0.15) is 5.69 Å². The Kier molecular flexibility index (Phi) is 4.46. The van der Waals surface area contributed by atoms with Gasteiger partial charge in [0, 0.05) is 25.8 Å². The molecule has 1 aliphatic heterocycles. The highest BCUT2D eigenvalue weighted by molar-refractivity contribution is 5.92. The lowest BCUT2D eigenvalue weighted by molar-refractivity contribution is 0.0945. The molecule has 1 aromatic heterocycles. The fourth-order valence-electron chi connectivity index (χ4n) is 3.59. The molecule has 116 valence electrons. The third-order valence-corrected chi connectivity index (χ3v) is 4.75. The number of nitrogens with zero attached hydrogens (tertiary/aromatic N) is 2. The summed E-state index contributed by atoms with van der Waals surface area (Å²) in [6.45, 7) is 5.00. The normalized spacial score (nSPS) is 25.0. The average Bonchev–Trinajstić information content (AvgIpc) is 2.91. The molecule has 0 saturated heterocycles. The van der Waals surface area contributed by atoms with E-state index in [4.69, 9.17) is 0 Å². The summed E-state index contributed by atoms with van der Waals surface area (Å²) in [4.78, 5) is 16.5. The van der Waals surface area contributed by atoms with E-state index < -0.39 is 0 Å². The molecule has 3 rings (SSSR count). The summed E-state index contributed by atoms with van der Waals surface area (Å²) in [6.07, 6.45) is 9.41. The maximum Gasteiger partial charge on any atom is 0.271 e. The Bertz CT molecular complexity index is 473. The van der Waals surface area contributed by atoms with Gasteiger partial charge in [-0.05, 0) is 31.1 Å². The fraction of sp³-hybridized carbons (Fsp3) is 0.750. The van der Waals surface area contributed by atoms with Crippen molar-refractivity contribution < 1.29 is 4.79 Å². The third-order valence-electron chi connectivity index (χ3n) is 4.75. The second kappa shape index (κ2) is 6.50. The van der Waals surface area contributed by atoms with Crippen molar-refractivity contribution in [3.05, 3.63) is 11.9 Å². The van der Waals surface area contributed by atoms with Gasteiger partial charge in [0.25, 0.3) is 5.91 Å². The molecule has 21 heavy (non-hydrogen) atoms. The number of rotatable bonds is 4. The highest BCUT2D eigenvalue weighted by atomic mass is 16.1. The van der Waals surface area contributed by atoms with Crippen LogP contribution in [0, 0.1) is 11.8 Å². The number of aryl methyl sites for hydroxylation is 1. The van der Waals surface area contributed by atoms with Crippen LogP contribution in [0.5, 0.6) is 0 Å². The molecule has 2 heterocycles. The van der Waals surface area contributed by atoms with Crippen LogP contribution in [0.1, 0.15) is 55.9 Å².